The quantitative estimate of drug-likeness (QED) is 0.859. The van der Waals surface area contributed by atoms with Crippen molar-refractivity contribution < 1.29 is 21.9 Å². The summed E-state index contributed by atoms with van der Waals surface area (Å²) in [6, 6.07) is 6.09. The zero-order chi connectivity index (χ0) is 15.7. The average molecular weight is 345 g/mol. The SMILES string of the molecule is O=S(=O)(c1sccc1F)N1CCOCC1c1ccc(F)cc1. The first kappa shape index (κ1) is 15.5. The van der Waals surface area contributed by atoms with E-state index in [2.05, 4.69) is 0 Å². The minimum atomic E-state index is -3.95. The third-order valence-electron chi connectivity index (χ3n) is 3.46. The van der Waals surface area contributed by atoms with E-state index in [4.69, 9.17) is 4.74 Å². The van der Waals surface area contributed by atoms with E-state index in [-0.39, 0.29) is 24.0 Å². The molecular weight excluding hydrogens is 332 g/mol. The van der Waals surface area contributed by atoms with Crippen molar-refractivity contribution in [2.24, 2.45) is 0 Å². The molecule has 1 atom stereocenters. The van der Waals surface area contributed by atoms with Gasteiger partial charge >= 0.3 is 0 Å². The minimum Gasteiger partial charge on any atom is -0.378 e. The fourth-order valence-electron chi connectivity index (χ4n) is 2.39. The predicted octanol–water partition coefficient (Wildman–Crippen LogP) is 2.79. The van der Waals surface area contributed by atoms with Crippen LogP contribution in [0.25, 0.3) is 0 Å². The van der Waals surface area contributed by atoms with Crippen molar-refractivity contribution in [2.75, 3.05) is 19.8 Å². The van der Waals surface area contributed by atoms with Gasteiger partial charge in [-0.15, -0.1) is 11.3 Å². The smallest absolute Gasteiger partial charge is 0.256 e. The molecule has 3 rings (SSSR count). The van der Waals surface area contributed by atoms with Crippen LogP contribution in [0.15, 0.2) is 39.9 Å². The summed E-state index contributed by atoms with van der Waals surface area (Å²) in [5.41, 5.74) is 0.613. The third kappa shape index (κ3) is 2.79. The molecule has 1 unspecified atom stereocenters. The lowest BCUT2D eigenvalue weighted by atomic mass is 10.1. The van der Waals surface area contributed by atoms with Crippen LogP contribution in [0.2, 0.25) is 0 Å². The highest BCUT2D eigenvalue weighted by Gasteiger charge is 2.37. The van der Waals surface area contributed by atoms with Crippen molar-refractivity contribution in [2.45, 2.75) is 10.3 Å². The lowest BCUT2D eigenvalue weighted by Crippen LogP contribution is -2.43. The number of hydrogen-bond acceptors (Lipinski definition) is 4. The molecule has 2 aromatic rings. The van der Waals surface area contributed by atoms with Gasteiger partial charge in [0.05, 0.1) is 19.3 Å². The van der Waals surface area contributed by atoms with Crippen LogP contribution >= 0.6 is 11.3 Å². The van der Waals surface area contributed by atoms with E-state index in [1.165, 1.54) is 34.0 Å². The van der Waals surface area contributed by atoms with Gasteiger partial charge in [-0.05, 0) is 29.1 Å². The first-order valence-electron chi connectivity index (χ1n) is 6.58. The van der Waals surface area contributed by atoms with Crippen LogP contribution in [0.3, 0.4) is 0 Å². The highest BCUT2D eigenvalue weighted by molar-refractivity contribution is 7.91. The summed E-state index contributed by atoms with van der Waals surface area (Å²) in [7, 11) is -3.95. The van der Waals surface area contributed by atoms with E-state index in [0.29, 0.717) is 5.56 Å². The van der Waals surface area contributed by atoms with Crippen LogP contribution in [-0.4, -0.2) is 32.5 Å². The largest absolute Gasteiger partial charge is 0.378 e. The maximum Gasteiger partial charge on any atom is 0.256 e. The summed E-state index contributed by atoms with van der Waals surface area (Å²) < 4.78 is 58.4. The monoisotopic (exact) mass is 345 g/mol. The molecule has 0 saturated carbocycles. The number of ether oxygens (including phenoxy) is 1. The van der Waals surface area contributed by atoms with Crippen LogP contribution in [0.5, 0.6) is 0 Å². The first-order chi connectivity index (χ1) is 10.5. The molecule has 0 aliphatic carbocycles. The van der Waals surface area contributed by atoms with E-state index in [9.17, 15) is 17.2 Å². The number of rotatable bonds is 3. The summed E-state index contributed by atoms with van der Waals surface area (Å²) in [4.78, 5) is 0. The number of halogens is 2. The van der Waals surface area contributed by atoms with E-state index < -0.39 is 27.7 Å². The lowest BCUT2D eigenvalue weighted by Gasteiger charge is -2.34. The summed E-state index contributed by atoms with van der Waals surface area (Å²) >= 11 is 0.844. The molecule has 4 nitrogen and oxygen atoms in total. The first-order valence-corrected chi connectivity index (χ1v) is 8.90. The van der Waals surface area contributed by atoms with Crippen molar-refractivity contribution in [3.8, 4) is 0 Å². The van der Waals surface area contributed by atoms with Gasteiger partial charge in [0.15, 0.2) is 10.0 Å². The van der Waals surface area contributed by atoms with Gasteiger partial charge in [-0.25, -0.2) is 17.2 Å². The Hall–Kier alpha value is -1.35. The Bertz CT molecular complexity index is 759. The summed E-state index contributed by atoms with van der Waals surface area (Å²) in [6.07, 6.45) is 0. The molecular formula is C14H13F2NO3S2. The average Bonchev–Trinajstić information content (AvgIpc) is 2.95. The molecule has 1 aliphatic heterocycles. The molecule has 1 aromatic heterocycles. The Morgan fingerprint density at radius 2 is 1.91 bits per heavy atom. The molecule has 118 valence electrons. The van der Waals surface area contributed by atoms with Crippen molar-refractivity contribution >= 4 is 21.4 Å². The van der Waals surface area contributed by atoms with Crippen LogP contribution in [0, 0.1) is 11.6 Å². The topological polar surface area (TPSA) is 46.6 Å². The van der Waals surface area contributed by atoms with Gasteiger partial charge < -0.3 is 4.74 Å². The van der Waals surface area contributed by atoms with E-state index >= 15 is 0 Å². The van der Waals surface area contributed by atoms with E-state index in [0.717, 1.165) is 17.4 Å². The number of sulfonamides is 1. The zero-order valence-electron chi connectivity index (χ0n) is 11.4. The number of morpholine rings is 1. The zero-order valence-corrected chi connectivity index (χ0v) is 13.0. The molecule has 0 spiro atoms. The fourth-order valence-corrected chi connectivity index (χ4v) is 5.19. The van der Waals surface area contributed by atoms with Gasteiger partial charge in [0.25, 0.3) is 10.0 Å². The second kappa shape index (κ2) is 6.04. The second-order valence-electron chi connectivity index (χ2n) is 4.81. The van der Waals surface area contributed by atoms with Gasteiger partial charge in [0.1, 0.15) is 5.82 Å². The maximum atomic E-state index is 13.7. The Balaban J connectivity index is 1.99. The Morgan fingerprint density at radius 3 is 2.55 bits per heavy atom. The van der Waals surface area contributed by atoms with E-state index in [1.807, 2.05) is 0 Å². The molecule has 1 saturated heterocycles. The van der Waals surface area contributed by atoms with Gasteiger partial charge in [0.2, 0.25) is 0 Å². The molecule has 8 heteroatoms. The van der Waals surface area contributed by atoms with Gasteiger partial charge in [-0.3, -0.25) is 0 Å². The van der Waals surface area contributed by atoms with Crippen molar-refractivity contribution in [1.82, 2.24) is 4.31 Å². The Morgan fingerprint density at radius 1 is 1.18 bits per heavy atom. The van der Waals surface area contributed by atoms with Crippen molar-refractivity contribution in [3.05, 3.63) is 52.9 Å². The minimum absolute atomic E-state index is 0.127. The highest BCUT2D eigenvalue weighted by atomic mass is 32.2. The van der Waals surface area contributed by atoms with Crippen LogP contribution in [0.1, 0.15) is 11.6 Å². The normalized spacial score (nSPS) is 20.2. The standard InChI is InChI=1S/C14H13F2NO3S2/c15-11-3-1-10(2-4-11)13-9-20-7-6-17(13)22(18,19)14-12(16)5-8-21-14/h1-5,8,13H,6-7,9H2. The van der Waals surface area contributed by atoms with Crippen LogP contribution < -0.4 is 0 Å². The van der Waals surface area contributed by atoms with Crippen molar-refractivity contribution in [1.29, 1.82) is 0 Å². The lowest BCUT2D eigenvalue weighted by molar-refractivity contribution is 0.0320. The highest BCUT2D eigenvalue weighted by Crippen LogP contribution is 2.33. The van der Waals surface area contributed by atoms with Crippen LogP contribution in [0.4, 0.5) is 8.78 Å². The van der Waals surface area contributed by atoms with Gasteiger partial charge in [0, 0.05) is 6.54 Å². The number of nitrogens with zero attached hydrogens (tertiary/aromatic N) is 1. The van der Waals surface area contributed by atoms with E-state index in [1.54, 1.807) is 0 Å². The number of thiophene rings is 1. The molecule has 0 amide bonds. The molecule has 2 heterocycles. The summed E-state index contributed by atoms with van der Waals surface area (Å²) in [5, 5.41) is 1.40. The molecule has 1 fully saturated rings. The molecule has 0 radical (unpaired) electrons. The number of benzene rings is 1. The van der Waals surface area contributed by atoms with Gasteiger partial charge in [-0.1, -0.05) is 12.1 Å². The Labute approximate surface area is 131 Å². The molecule has 0 N–H and O–H groups in total. The Kier molecular flexibility index (Phi) is 4.26. The molecule has 1 aliphatic rings. The molecule has 0 bridgehead atoms. The molecule has 22 heavy (non-hydrogen) atoms. The fraction of sp³-hybridized carbons (Fsp3) is 0.286. The molecule has 1 aromatic carbocycles. The number of hydrogen-bond donors (Lipinski definition) is 0. The van der Waals surface area contributed by atoms with Gasteiger partial charge in [-0.2, -0.15) is 4.31 Å². The predicted molar refractivity (Wildman–Crippen MR) is 78.1 cm³/mol. The summed E-state index contributed by atoms with van der Waals surface area (Å²) in [6.45, 7) is 0.517. The third-order valence-corrected chi connectivity index (χ3v) is 6.78. The maximum absolute atomic E-state index is 13.7. The van der Waals surface area contributed by atoms with Crippen LogP contribution in [-0.2, 0) is 14.8 Å². The summed E-state index contributed by atoms with van der Waals surface area (Å²) in [5.74, 6) is -1.16. The van der Waals surface area contributed by atoms with Crippen molar-refractivity contribution in [3.63, 3.8) is 0 Å². The second-order valence-corrected chi connectivity index (χ2v) is 7.82.